The molecule has 1 N–H and O–H groups in total. The normalized spacial score (nSPS) is 15.5. The first-order valence-electron chi connectivity index (χ1n) is 10.5. The van der Waals surface area contributed by atoms with E-state index in [1.165, 1.54) is 12.1 Å². The van der Waals surface area contributed by atoms with Crippen molar-refractivity contribution in [3.05, 3.63) is 90.1 Å². The number of fused-ring (bicyclic) bond motifs is 1. The number of carbonyl (C=O) groups excluding carboxylic acids is 2. The molecule has 1 aliphatic rings. The summed E-state index contributed by atoms with van der Waals surface area (Å²) >= 11 is 0. The summed E-state index contributed by atoms with van der Waals surface area (Å²) in [6, 6.07) is 19.6. The van der Waals surface area contributed by atoms with Crippen molar-refractivity contribution in [1.82, 2.24) is 5.01 Å². The molecule has 0 radical (unpaired) electrons. The van der Waals surface area contributed by atoms with E-state index >= 15 is 0 Å². The van der Waals surface area contributed by atoms with Crippen molar-refractivity contribution in [2.75, 3.05) is 19.0 Å². The van der Waals surface area contributed by atoms with Crippen LogP contribution in [0.25, 0.3) is 11.0 Å². The minimum absolute atomic E-state index is 0.0195. The van der Waals surface area contributed by atoms with Crippen LogP contribution in [-0.4, -0.2) is 36.3 Å². The number of rotatable bonds is 6. The minimum Gasteiger partial charge on any atom is -0.467 e. The van der Waals surface area contributed by atoms with Gasteiger partial charge in [-0.3, -0.25) is 4.79 Å². The summed E-state index contributed by atoms with van der Waals surface area (Å²) in [7, 11) is 1.33. The fourth-order valence-electron chi connectivity index (χ4n) is 3.82. The lowest BCUT2D eigenvalue weighted by atomic mass is 10.1. The van der Waals surface area contributed by atoms with Crippen LogP contribution in [0.2, 0.25) is 0 Å². The number of esters is 1. The molecule has 5 rings (SSSR count). The van der Waals surface area contributed by atoms with Crippen molar-refractivity contribution in [1.29, 1.82) is 0 Å². The Morgan fingerprint density at radius 2 is 1.94 bits per heavy atom. The predicted molar refractivity (Wildman–Crippen MR) is 122 cm³/mol. The highest BCUT2D eigenvalue weighted by atomic mass is 16.5. The largest absolute Gasteiger partial charge is 0.467 e. The number of carbonyl (C=O) groups is 2. The van der Waals surface area contributed by atoms with E-state index in [0.717, 1.165) is 11.0 Å². The Morgan fingerprint density at radius 3 is 2.67 bits per heavy atom. The monoisotopic (exact) mass is 443 g/mol. The summed E-state index contributed by atoms with van der Waals surface area (Å²) < 4.78 is 16.3. The predicted octanol–water partition coefficient (Wildman–Crippen LogP) is 4.60. The molecule has 1 atom stereocenters. The number of amides is 1. The van der Waals surface area contributed by atoms with E-state index < -0.39 is 5.97 Å². The van der Waals surface area contributed by atoms with Gasteiger partial charge in [0.25, 0.3) is 5.91 Å². The molecule has 0 saturated carbocycles. The molecule has 1 unspecified atom stereocenters. The maximum Gasteiger partial charge on any atom is 0.337 e. The van der Waals surface area contributed by atoms with Gasteiger partial charge in [-0.15, -0.1) is 0 Å². The van der Waals surface area contributed by atoms with Crippen molar-refractivity contribution in [2.24, 2.45) is 5.10 Å². The van der Waals surface area contributed by atoms with Crippen molar-refractivity contribution >= 4 is 34.2 Å². The number of hydrogen-bond acceptors (Lipinski definition) is 7. The summed E-state index contributed by atoms with van der Waals surface area (Å²) in [5, 5.41) is 10.1. The molecule has 33 heavy (non-hydrogen) atoms. The van der Waals surface area contributed by atoms with Gasteiger partial charge in [-0.25, -0.2) is 9.80 Å². The molecule has 8 nitrogen and oxygen atoms in total. The van der Waals surface area contributed by atoms with Gasteiger partial charge >= 0.3 is 5.97 Å². The van der Waals surface area contributed by atoms with Crippen LogP contribution in [0.1, 0.15) is 34.3 Å². The quantitative estimate of drug-likeness (QED) is 0.438. The van der Waals surface area contributed by atoms with Gasteiger partial charge in [-0.1, -0.05) is 18.2 Å². The fraction of sp³-hybridized carbons (Fsp3) is 0.160. The van der Waals surface area contributed by atoms with Crippen LogP contribution in [-0.2, 0) is 9.53 Å². The average Bonchev–Trinajstić information content (AvgIpc) is 3.60. The second kappa shape index (κ2) is 8.66. The SMILES string of the molecule is COC(=O)c1ccc(NCC(=O)N2N=C(c3cc4ccccc4o3)CC2c2ccco2)cc1. The fourth-order valence-corrected chi connectivity index (χ4v) is 3.82. The van der Waals surface area contributed by atoms with Gasteiger partial charge in [-0.2, -0.15) is 5.10 Å². The number of hydrogen-bond donors (Lipinski definition) is 1. The van der Waals surface area contributed by atoms with E-state index in [-0.39, 0.29) is 18.5 Å². The first kappa shape index (κ1) is 20.6. The highest BCUT2D eigenvalue weighted by Crippen LogP contribution is 2.34. The molecule has 1 amide bonds. The van der Waals surface area contributed by atoms with Gasteiger partial charge in [0.2, 0.25) is 0 Å². The number of para-hydroxylation sites is 1. The molecule has 4 aromatic rings. The molecule has 166 valence electrons. The first-order chi connectivity index (χ1) is 16.1. The molecule has 0 aliphatic carbocycles. The van der Waals surface area contributed by atoms with Gasteiger partial charge in [0, 0.05) is 17.5 Å². The smallest absolute Gasteiger partial charge is 0.337 e. The van der Waals surface area contributed by atoms with Crippen LogP contribution in [0.5, 0.6) is 0 Å². The number of methoxy groups -OCH3 is 1. The Bertz CT molecular complexity index is 1290. The number of furan rings is 2. The zero-order chi connectivity index (χ0) is 22.8. The number of anilines is 1. The number of nitrogens with one attached hydrogen (secondary N) is 1. The topological polar surface area (TPSA) is 97.3 Å². The van der Waals surface area contributed by atoms with Crippen molar-refractivity contribution in [3.63, 3.8) is 0 Å². The van der Waals surface area contributed by atoms with Gasteiger partial charge < -0.3 is 18.9 Å². The van der Waals surface area contributed by atoms with Gasteiger partial charge in [0.05, 0.1) is 25.5 Å². The minimum atomic E-state index is -0.413. The Kier molecular flexibility index (Phi) is 5.40. The van der Waals surface area contributed by atoms with E-state index in [1.807, 2.05) is 36.4 Å². The van der Waals surface area contributed by atoms with E-state index in [4.69, 9.17) is 13.6 Å². The summed E-state index contributed by atoms with van der Waals surface area (Å²) in [6.07, 6.45) is 2.06. The van der Waals surface area contributed by atoms with Crippen molar-refractivity contribution in [2.45, 2.75) is 12.5 Å². The Labute approximate surface area is 189 Å². The van der Waals surface area contributed by atoms with E-state index in [9.17, 15) is 9.59 Å². The molecule has 2 aromatic carbocycles. The highest BCUT2D eigenvalue weighted by molar-refractivity contribution is 6.03. The molecule has 2 aromatic heterocycles. The molecule has 8 heteroatoms. The number of ether oxygens (including phenoxy) is 1. The van der Waals surface area contributed by atoms with Crippen LogP contribution in [0.15, 0.2) is 86.9 Å². The van der Waals surface area contributed by atoms with Crippen LogP contribution >= 0.6 is 0 Å². The van der Waals surface area contributed by atoms with Gasteiger partial charge in [-0.05, 0) is 48.5 Å². The van der Waals surface area contributed by atoms with Crippen LogP contribution in [0.3, 0.4) is 0 Å². The molecule has 1 aliphatic heterocycles. The third kappa shape index (κ3) is 4.10. The third-order valence-electron chi connectivity index (χ3n) is 5.50. The lowest BCUT2D eigenvalue weighted by Crippen LogP contribution is -2.32. The summed E-state index contributed by atoms with van der Waals surface area (Å²) in [5.41, 5.74) is 2.59. The molecule has 0 bridgehead atoms. The number of nitrogens with zero attached hydrogens (tertiary/aromatic N) is 2. The van der Waals surface area contributed by atoms with Crippen LogP contribution < -0.4 is 5.32 Å². The highest BCUT2D eigenvalue weighted by Gasteiger charge is 2.35. The van der Waals surface area contributed by atoms with E-state index in [2.05, 4.69) is 10.4 Å². The van der Waals surface area contributed by atoms with Gasteiger partial charge in [0.1, 0.15) is 23.1 Å². The molecule has 3 heterocycles. The van der Waals surface area contributed by atoms with E-state index in [1.54, 1.807) is 36.6 Å². The first-order valence-corrected chi connectivity index (χ1v) is 10.5. The van der Waals surface area contributed by atoms with Crippen LogP contribution in [0, 0.1) is 0 Å². The lowest BCUT2D eigenvalue weighted by molar-refractivity contribution is -0.131. The molecular weight excluding hydrogens is 422 g/mol. The van der Waals surface area contributed by atoms with Crippen LogP contribution in [0.4, 0.5) is 5.69 Å². The van der Waals surface area contributed by atoms with E-state index in [0.29, 0.717) is 34.9 Å². The zero-order valence-electron chi connectivity index (χ0n) is 17.9. The Balaban J connectivity index is 1.35. The average molecular weight is 443 g/mol. The number of hydrazone groups is 1. The maximum atomic E-state index is 13.1. The standard InChI is InChI=1S/C25H21N3O5/c1-31-25(30)16-8-10-18(11-9-16)26-15-24(29)28-20(22-7-4-12-32-22)14-19(27-28)23-13-17-5-2-3-6-21(17)33-23/h2-13,20,26H,14-15H2,1H3. The lowest BCUT2D eigenvalue weighted by Gasteiger charge is -2.20. The second-order valence-electron chi connectivity index (χ2n) is 7.59. The van der Waals surface area contributed by atoms with Gasteiger partial charge in [0.15, 0.2) is 5.76 Å². The third-order valence-corrected chi connectivity index (χ3v) is 5.50. The number of benzene rings is 2. The molecule has 0 fully saturated rings. The Morgan fingerprint density at radius 1 is 1.12 bits per heavy atom. The summed E-state index contributed by atoms with van der Waals surface area (Å²) in [6.45, 7) is 0.0195. The Hall–Kier alpha value is -4.33. The molecule has 0 spiro atoms. The zero-order valence-corrected chi connectivity index (χ0v) is 17.9. The molecular formula is C25H21N3O5. The summed E-state index contributed by atoms with van der Waals surface area (Å²) in [4.78, 5) is 24.7. The second-order valence-corrected chi connectivity index (χ2v) is 7.59. The molecule has 0 saturated heterocycles. The summed E-state index contributed by atoms with van der Waals surface area (Å²) in [5.74, 6) is 0.651. The maximum absolute atomic E-state index is 13.1. The van der Waals surface area contributed by atoms with Crippen molar-refractivity contribution in [3.8, 4) is 0 Å². The van der Waals surface area contributed by atoms with Crippen molar-refractivity contribution < 1.29 is 23.2 Å².